The summed E-state index contributed by atoms with van der Waals surface area (Å²) in [6.07, 6.45) is 0. The van der Waals surface area contributed by atoms with Gasteiger partial charge in [0.15, 0.2) is 0 Å². The number of carbonyl (C=O) groups is 1. The first-order valence-electron chi connectivity index (χ1n) is 5.63. The van der Waals surface area contributed by atoms with E-state index in [1.54, 1.807) is 6.92 Å². The first kappa shape index (κ1) is 15.9. The summed E-state index contributed by atoms with van der Waals surface area (Å²) in [6.45, 7) is 5.86. The van der Waals surface area contributed by atoms with Gasteiger partial charge >= 0.3 is 0 Å². The lowest BCUT2D eigenvalue weighted by molar-refractivity contribution is -0.123. The van der Waals surface area contributed by atoms with Crippen molar-refractivity contribution in [2.45, 2.75) is 32.9 Å². The predicted octanol–water partition coefficient (Wildman–Crippen LogP) is 2.27. The van der Waals surface area contributed by atoms with Crippen LogP contribution >= 0.6 is 12.4 Å². The van der Waals surface area contributed by atoms with Gasteiger partial charge in [-0.05, 0) is 18.4 Å². The molecule has 0 saturated heterocycles. The van der Waals surface area contributed by atoms with Crippen LogP contribution < -0.4 is 11.1 Å². The van der Waals surface area contributed by atoms with Crippen LogP contribution in [0.1, 0.15) is 32.4 Å². The number of halogens is 1. The largest absolute Gasteiger partial charge is 0.348 e. The Hall–Kier alpha value is -1.06. The van der Waals surface area contributed by atoms with Crippen molar-refractivity contribution < 1.29 is 4.79 Å². The Morgan fingerprint density at radius 1 is 1.18 bits per heavy atom. The summed E-state index contributed by atoms with van der Waals surface area (Å²) >= 11 is 0. The van der Waals surface area contributed by atoms with Crippen LogP contribution in [-0.2, 0) is 4.79 Å². The summed E-state index contributed by atoms with van der Waals surface area (Å²) in [4.78, 5) is 11.6. The third kappa shape index (κ3) is 4.75. The van der Waals surface area contributed by atoms with E-state index < -0.39 is 6.04 Å². The second-order valence-electron chi connectivity index (χ2n) is 4.43. The Labute approximate surface area is 109 Å². The minimum atomic E-state index is -0.468. The highest BCUT2D eigenvalue weighted by molar-refractivity contribution is 5.85. The van der Waals surface area contributed by atoms with Crippen LogP contribution in [-0.4, -0.2) is 11.9 Å². The van der Waals surface area contributed by atoms with Gasteiger partial charge in [0.1, 0.15) is 0 Å². The number of nitrogens with two attached hydrogens (primary N) is 1. The molecule has 1 rings (SSSR count). The molecule has 1 amide bonds. The van der Waals surface area contributed by atoms with Crippen molar-refractivity contribution in [3.63, 3.8) is 0 Å². The summed E-state index contributed by atoms with van der Waals surface area (Å²) in [7, 11) is 0. The van der Waals surface area contributed by atoms with Crippen molar-refractivity contribution in [1.82, 2.24) is 5.32 Å². The molecule has 3 N–H and O–H groups in total. The molecule has 0 aliphatic rings. The fraction of sp³-hybridized carbons (Fsp3) is 0.462. The SMILES string of the molecule is CC(C)C(NC(=O)[C@H](C)N)c1ccccc1.Cl. The fourth-order valence-corrected chi connectivity index (χ4v) is 1.58. The van der Waals surface area contributed by atoms with Crippen LogP contribution in [0.3, 0.4) is 0 Å². The number of hydrogen-bond acceptors (Lipinski definition) is 2. The van der Waals surface area contributed by atoms with E-state index in [9.17, 15) is 4.79 Å². The van der Waals surface area contributed by atoms with Gasteiger partial charge in [0.2, 0.25) is 5.91 Å². The lowest BCUT2D eigenvalue weighted by Crippen LogP contribution is -2.41. The maximum atomic E-state index is 11.6. The van der Waals surface area contributed by atoms with Crippen molar-refractivity contribution in [2.24, 2.45) is 11.7 Å². The average molecular weight is 257 g/mol. The van der Waals surface area contributed by atoms with E-state index >= 15 is 0 Å². The van der Waals surface area contributed by atoms with Crippen LogP contribution in [0.4, 0.5) is 0 Å². The molecule has 0 aliphatic heterocycles. The molecule has 0 spiro atoms. The van der Waals surface area contributed by atoms with Gasteiger partial charge in [-0.1, -0.05) is 44.2 Å². The zero-order valence-electron chi connectivity index (χ0n) is 10.5. The number of rotatable bonds is 4. The Morgan fingerprint density at radius 2 is 1.71 bits per heavy atom. The third-order valence-corrected chi connectivity index (χ3v) is 2.54. The van der Waals surface area contributed by atoms with E-state index in [2.05, 4.69) is 19.2 Å². The van der Waals surface area contributed by atoms with E-state index in [0.717, 1.165) is 5.56 Å². The van der Waals surface area contributed by atoms with E-state index in [1.807, 2.05) is 30.3 Å². The van der Waals surface area contributed by atoms with Crippen molar-refractivity contribution in [2.75, 3.05) is 0 Å². The summed E-state index contributed by atoms with van der Waals surface area (Å²) in [5.74, 6) is 0.229. The van der Waals surface area contributed by atoms with E-state index in [4.69, 9.17) is 5.73 Å². The van der Waals surface area contributed by atoms with E-state index in [1.165, 1.54) is 0 Å². The van der Waals surface area contributed by atoms with Gasteiger partial charge in [0.05, 0.1) is 12.1 Å². The van der Waals surface area contributed by atoms with Crippen molar-refractivity contribution in [1.29, 1.82) is 0 Å². The molecular formula is C13H21ClN2O. The van der Waals surface area contributed by atoms with Crippen LogP contribution in [0, 0.1) is 5.92 Å². The first-order valence-corrected chi connectivity index (χ1v) is 5.63. The third-order valence-electron chi connectivity index (χ3n) is 2.54. The number of hydrogen-bond donors (Lipinski definition) is 2. The highest BCUT2D eigenvalue weighted by Gasteiger charge is 2.19. The quantitative estimate of drug-likeness (QED) is 0.868. The molecule has 1 unspecified atom stereocenters. The van der Waals surface area contributed by atoms with Gasteiger partial charge in [0.25, 0.3) is 0 Å². The molecule has 3 nitrogen and oxygen atoms in total. The van der Waals surface area contributed by atoms with Gasteiger partial charge in [-0.3, -0.25) is 4.79 Å². The second-order valence-corrected chi connectivity index (χ2v) is 4.43. The summed E-state index contributed by atoms with van der Waals surface area (Å²) in [5.41, 5.74) is 6.67. The second kappa shape index (κ2) is 7.30. The van der Waals surface area contributed by atoms with Gasteiger partial charge in [-0.15, -0.1) is 12.4 Å². The first-order chi connectivity index (χ1) is 7.52. The lowest BCUT2D eigenvalue weighted by atomic mass is 9.96. The summed E-state index contributed by atoms with van der Waals surface area (Å²) in [5, 5.41) is 2.97. The minimum absolute atomic E-state index is 0. The van der Waals surface area contributed by atoms with Crippen LogP contribution in [0.2, 0.25) is 0 Å². The molecule has 0 fully saturated rings. The summed E-state index contributed by atoms with van der Waals surface area (Å²) in [6, 6.07) is 9.52. The minimum Gasteiger partial charge on any atom is -0.348 e. The maximum Gasteiger partial charge on any atom is 0.237 e. The predicted molar refractivity (Wildman–Crippen MR) is 73.1 cm³/mol. The topological polar surface area (TPSA) is 55.1 Å². The smallest absolute Gasteiger partial charge is 0.237 e. The zero-order valence-corrected chi connectivity index (χ0v) is 11.3. The molecule has 0 aliphatic carbocycles. The van der Waals surface area contributed by atoms with Crippen molar-refractivity contribution in [3.8, 4) is 0 Å². The highest BCUT2D eigenvalue weighted by atomic mass is 35.5. The van der Waals surface area contributed by atoms with Crippen LogP contribution in [0.25, 0.3) is 0 Å². The number of benzene rings is 1. The molecule has 96 valence electrons. The van der Waals surface area contributed by atoms with Gasteiger partial charge in [0, 0.05) is 0 Å². The molecule has 0 saturated carbocycles. The molecule has 1 aromatic rings. The van der Waals surface area contributed by atoms with Gasteiger partial charge in [-0.25, -0.2) is 0 Å². The van der Waals surface area contributed by atoms with Crippen LogP contribution in [0.5, 0.6) is 0 Å². The number of amides is 1. The Balaban J connectivity index is 0.00000256. The molecule has 4 heteroatoms. The molecule has 0 bridgehead atoms. The normalized spacial score (nSPS) is 13.7. The molecule has 0 heterocycles. The molecular weight excluding hydrogens is 236 g/mol. The lowest BCUT2D eigenvalue weighted by Gasteiger charge is -2.23. The van der Waals surface area contributed by atoms with Gasteiger partial charge in [-0.2, -0.15) is 0 Å². The Bertz CT molecular complexity index is 339. The van der Waals surface area contributed by atoms with Crippen LogP contribution in [0.15, 0.2) is 30.3 Å². The van der Waals surface area contributed by atoms with E-state index in [-0.39, 0.29) is 24.4 Å². The Morgan fingerprint density at radius 3 is 2.12 bits per heavy atom. The fourth-order valence-electron chi connectivity index (χ4n) is 1.58. The molecule has 1 aromatic carbocycles. The maximum absolute atomic E-state index is 11.6. The molecule has 0 radical (unpaired) electrons. The monoisotopic (exact) mass is 256 g/mol. The molecule has 17 heavy (non-hydrogen) atoms. The zero-order chi connectivity index (χ0) is 12.1. The van der Waals surface area contributed by atoms with Crippen molar-refractivity contribution in [3.05, 3.63) is 35.9 Å². The van der Waals surface area contributed by atoms with E-state index in [0.29, 0.717) is 5.92 Å². The summed E-state index contributed by atoms with van der Waals surface area (Å²) < 4.78 is 0. The van der Waals surface area contributed by atoms with Crippen molar-refractivity contribution >= 4 is 18.3 Å². The molecule has 2 atom stereocenters. The Kier molecular flexibility index (Phi) is 6.85. The standard InChI is InChI=1S/C13H20N2O.ClH/c1-9(2)12(15-13(16)10(3)14)11-7-5-4-6-8-11;/h4-10,12H,14H2,1-3H3,(H,15,16);1H/t10-,12?;/m0./s1. The highest BCUT2D eigenvalue weighted by Crippen LogP contribution is 2.21. The average Bonchev–Trinajstić information content (AvgIpc) is 2.26. The number of nitrogens with one attached hydrogen (secondary N) is 1. The molecule has 0 aromatic heterocycles. The van der Waals surface area contributed by atoms with Gasteiger partial charge < -0.3 is 11.1 Å². The number of carbonyl (C=O) groups excluding carboxylic acids is 1.